The van der Waals surface area contributed by atoms with E-state index >= 15 is 0 Å². The molecule has 0 radical (unpaired) electrons. The molecular weight excluding hydrogens is 309 g/mol. The van der Waals surface area contributed by atoms with Crippen molar-refractivity contribution in [3.8, 4) is 0 Å². The molecule has 0 fully saturated rings. The van der Waals surface area contributed by atoms with Crippen LogP contribution in [-0.4, -0.2) is 36.8 Å². The van der Waals surface area contributed by atoms with Gasteiger partial charge in [-0.25, -0.2) is 4.98 Å². The number of nitrogens with one attached hydrogen (secondary N) is 1. The third-order valence-electron chi connectivity index (χ3n) is 2.02. The highest BCUT2D eigenvalue weighted by atomic mass is 127. The monoisotopic (exact) mass is 323 g/mol. The van der Waals surface area contributed by atoms with Crippen molar-refractivity contribution < 1.29 is 4.74 Å². The minimum absolute atomic E-state index is 0.100. The highest BCUT2D eigenvalue weighted by Crippen LogP contribution is 2.14. The maximum absolute atomic E-state index is 11.4. The van der Waals surface area contributed by atoms with E-state index in [1.165, 1.54) is 6.33 Å². The van der Waals surface area contributed by atoms with Crippen LogP contribution in [0.5, 0.6) is 0 Å². The van der Waals surface area contributed by atoms with Crippen LogP contribution in [0.4, 0.5) is 5.82 Å². The lowest BCUT2D eigenvalue weighted by Crippen LogP contribution is -2.30. The normalized spacial score (nSPS) is 10.3. The highest BCUT2D eigenvalue weighted by Gasteiger charge is 2.11. The van der Waals surface area contributed by atoms with Gasteiger partial charge in [0.25, 0.3) is 5.56 Å². The molecule has 0 spiro atoms. The first kappa shape index (κ1) is 12.4. The summed E-state index contributed by atoms with van der Waals surface area (Å²) in [5, 5.41) is 0. The Labute approximate surface area is 102 Å². The van der Waals surface area contributed by atoms with Crippen molar-refractivity contribution in [3.63, 3.8) is 0 Å². The molecule has 1 rings (SSSR count). The van der Waals surface area contributed by atoms with E-state index in [1.807, 2.05) is 34.4 Å². The molecule has 5 nitrogen and oxygen atoms in total. The van der Waals surface area contributed by atoms with Gasteiger partial charge in [-0.15, -0.1) is 0 Å². The second kappa shape index (κ2) is 6.06. The summed E-state index contributed by atoms with van der Waals surface area (Å²) in [5.41, 5.74) is -0.100. The van der Waals surface area contributed by atoms with Crippen LogP contribution in [0.15, 0.2) is 11.1 Å². The number of halogens is 1. The molecule has 1 aromatic rings. The summed E-state index contributed by atoms with van der Waals surface area (Å²) < 4.78 is 5.63. The Morgan fingerprint density at radius 2 is 2.40 bits per heavy atom. The summed E-state index contributed by atoms with van der Waals surface area (Å²) in [6, 6.07) is 0. The van der Waals surface area contributed by atoms with E-state index < -0.39 is 0 Å². The van der Waals surface area contributed by atoms with Gasteiger partial charge >= 0.3 is 0 Å². The fourth-order valence-electron chi connectivity index (χ4n) is 1.21. The summed E-state index contributed by atoms with van der Waals surface area (Å²) in [4.78, 5) is 20.1. The fraction of sp³-hybridized carbons (Fsp3) is 0.556. The summed E-state index contributed by atoms with van der Waals surface area (Å²) in [7, 11) is 1.66. The van der Waals surface area contributed by atoms with Gasteiger partial charge in [0.15, 0.2) is 0 Å². The van der Waals surface area contributed by atoms with Crippen LogP contribution in [0.2, 0.25) is 0 Å². The van der Waals surface area contributed by atoms with Gasteiger partial charge in [-0.05, 0) is 29.5 Å². The van der Waals surface area contributed by atoms with Crippen molar-refractivity contribution in [1.29, 1.82) is 0 Å². The predicted octanol–water partition coefficient (Wildman–Crippen LogP) is 0.847. The molecule has 15 heavy (non-hydrogen) atoms. The van der Waals surface area contributed by atoms with Crippen molar-refractivity contribution in [3.05, 3.63) is 20.3 Å². The molecule has 0 aliphatic heterocycles. The number of H-pyrrole nitrogens is 1. The van der Waals surface area contributed by atoms with Crippen LogP contribution in [-0.2, 0) is 4.74 Å². The SMILES string of the molecule is CCN(CCOC)c1nc[nH]c(=O)c1I. The van der Waals surface area contributed by atoms with E-state index in [0.29, 0.717) is 10.2 Å². The van der Waals surface area contributed by atoms with Gasteiger partial charge in [-0.1, -0.05) is 0 Å². The molecule has 0 amide bonds. The quantitative estimate of drug-likeness (QED) is 0.816. The van der Waals surface area contributed by atoms with Crippen LogP contribution in [0.3, 0.4) is 0 Å². The van der Waals surface area contributed by atoms with E-state index in [2.05, 4.69) is 9.97 Å². The van der Waals surface area contributed by atoms with Gasteiger partial charge in [-0.3, -0.25) is 4.79 Å². The summed E-state index contributed by atoms with van der Waals surface area (Å²) in [6.07, 6.45) is 1.43. The number of methoxy groups -OCH3 is 1. The van der Waals surface area contributed by atoms with Gasteiger partial charge in [0.05, 0.1) is 12.9 Å². The first-order valence-corrected chi connectivity index (χ1v) is 5.75. The van der Waals surface area contributed by atoms with E-state index in [4.69, 9.17) is 4.74 Å². The second-order valence-electron chi connectivity index (χ2n) is 2.94. The number of likely N-dealkylation sites (N-methyl/N-ethyl adjacent to an activating group) is 1. The number of nitrogens with zero attached hydrogens (tertiary/aromatic N) is 2. The zero-order chi connectivity index (χ0) is 11.3. The third kappa shape index (κ3) is 3.16. The first-order valence-electron chi connectivity index (χ1n) is 4.67. The molecule has 84 valence electrons. The van der Waals surface area contributed by atoms with Crippen molar-refractivity contribution in [2.24, 2.45) is 0 Å². The molecule has 0 unspecified atom stereocenters. The molecule has 0 saturated carbocycles. The molecule has 1 N–H and O–H groups in total. The Balaban J connectivity index is 2.91. The molecule has 0 saturated heterocycles. The number of aromatic amines is 1. The minimum Gasteiger partial charge on any atom is -0.383 e. The molecule has 1 aromatic heterocycles. The lowest BCUT2D eigenvalue weighted by molar-refractivity contribution is 0.205. The second-order valence-corrected chi connectivity index (χ2v) is 4.02. The predicted molar refractivity (Wildman–Crippen MR) is 67.3 cm³/mol. The Kier molecular flexibility index (Phi) is 5.03. The molecule has 6 heteroatoms. The van der Waals surface area contributed by atoms with E-state index in [1.54, 1.807) is 7.11 Å². The average molecular weight is 323 g/mol. The largest absolute Gasteiger partial charge is 0.383 e. The zero-order valence-electron chi connectivity index (χ0n) is 8.79. The van der Waals surface area contributed by atoms with Crippen LogP contribution >= 0.6 is 22.6 Å². The van der Waals surface area contributed by atoms with E-state index in [0.717, 1.165) is 18.9 Å². The Hall–Kier alpha value is -0.630. The third-order valence-corrected chi connectivity index (χ3v) is 3.00. The summed E-state index contributed by atoms with van der Waals surface area (Å²) in [5.74, 6) is 0.721. The molecule has 0 atom stereocenters. The average Bonchev–Trinajstić information content (AvgIpc) is 2.25. The maximum atomic E-state index is 11.4. The van der Waals surface area contributed by atoms with E-state index in [9.17, 15) is 4.79 Å². The van der Waals surface area contributed by atoms with Gasteiger partial charge in [0.2, 0.25) is 0 Å². The standard InChI is InChI=1S/C9H14IN3O2/c1-3-13(4-5-15-2)8-7(10)9(14)12-6-11-8/h6H,3-5H2,1-2H3,(H,11,12,14). The molecule has 0 aliphatic carbocycles. The van der Waals surface area contributed by atoms with Gasteiger partial charge in [0.1, 0.15) is 9.39 Å². The number of ether oxygens (including phenoxy) is 1. The van der Waals surface area contributed by atoms with Crippen LogP contribution in [0, 0.1) is 3.57 Å². The summed E-state index contributed by atoms with van der Waals surface area (Å²) in [6.45, 7) is 4.18. The minimum atomic E-state index is -0.100. The fourth-order valence-corrected chi connectivity index (χ4v) is 1.85. The molecule has 0 aromatic carbocycles. The lowest BCUT2D eigenvalue weighted by atomic mass is 10.4. The molecule has 0 aliphatic rings. The highest BCUT2D eigenvalue weighted by molar-refractivity contribution is 14.1. The van der Waals surface area contributed by atoms with Gasteiger partial charge in [0, 0.05) is 20.2 Å². The Morgan fingerprint density at radius 1 is 1.67 bits per heavy atom. The number of hydrogen-bond donors (Lipinski definition) is 1. The molecule has 1 heterocycles. The number of anilines is 1. The first-order chi connectivity index (χ1) is 7.20. The maximum Gasteiger partial charge on any atom is 0.266 e. The molecular formula is C9H14IN3O2. The van der Waals surface area contributed by atoms with Crippen molar-refractivity contribution in [2.75, 3.05) is 31.7 Å². The van der Waals surface area contributed by atoms with Crippen molar-refractivity contribution >= 4 is 28.4 Å². The van der Waals surface area contributed by atoms with Crippen molar-refractivity contribution in [2.45, 2.75) is 6.92 Å². The van der Waals surface area contributed by atoms with Crippen LogP contribution in [0.25, 0.3) is 0 Å². The van der Waals surface area contributed by atoms with Crippen LogP contribution < -0.4 is 10.5 Å². The Morgan fingerprint density at radius 3 is 3.00 bits per heavy atom. The summed E-state index contributed by atoms with van der Waals surface area (Å²) >= 11 is 2.01. The van der Waals surface area contributed by atoms with Gasteiger partial charge < -0.3 is 14.6 Å². The smallest absolute Gasteiger partial charge is 0.266 e. The lowest BCUT2D eigenvalue weighted by Gasteiger charge is -2.21. The van der Waals surface area contributed by atoms with E-state index in [-0.39, 0.29) is 5.56 Å². The Bertz CT molecular complexity index is 367. The number of aromatic nitrogens is 2. The molecule has 0 bridgehead atoms. The van der Waals surface area contributed by atoms with Gasteiger partial charge in [-0.2, -0.15) is 0 Å². The topological polar surface area (TPSA) is 58.2 Å². The van der Waals surface area contributed by atoms with Crippen molar-refractivity contribution in [1.82, 2.24) is 9.97 Å². The van der Waals surface area contributed by atoms with Crippen LogP contribution in [0.1, 0.15) is 6.92 Å². The zero-order valence-corrected chi connectivity index (χ0v) is 10.9. The number of rotatable bonds is 5. The number of hydrogen-bond acceptors (Lipinski definition) is 4.